The largest absolute Gasteiger partial charge is 0.355 e. The van der Waals surface area contributed by atoms with Gasteiger partial charge in [0.1, 0.15) is 6.04 Å². The highest BCUT2D eigenvalue weighted by Crippen LogP contribution is 2.24. The van der Waals surface area contributed by atoms with E-state index in [0.717, 1.165) is 11.1 Å². The Hall–Kier alpha value is -1.75. The van der Waals surface area contributed by atoms with Gasteiger partial charge in [0.15, 0.2) is 0 Å². The Labute approximate surface area is 180 Å². The lowest BCUT2D eigenvalue weighted by Gasteiger charge is -2.30. The first-order chi connectivity index (χ1) is 13.3. The van der Waals surface area contributed by atoms with E-state index in [-0.39, 0.29) is 24.8 Å². The summed E-state index contributed by atoms with van der Waals surface area (Å²) in [5.41, 5.74) is 1.64. The topological polar surface area (TPSA) is 49.4 Å². The average molecular weight is 442 g/mol. The van der Waals surface area contributed by atoms with E-state index in [1.54, 1.807) is 35.2 Å². The fourth-order valence-electron chi connectivity index (χ4n) is 2.92. The number of nitrogens with zero attached hydrogens (tertiary/aromatic N) is 1. The first kappa shape index (κ1) is 22.5. The minimum absolute atomic E-state index is 0.147. The molecule has 0 aliphatic carbocycles. The summed E-state index contributed by atoms with van der Waals surface area (Å²) in [5.74, 6) is -0.319. The molecule has 28 heavy (non-hydrogen) atoms. The maximum Gasteiger partial charge on any atom is 0.242 e. The molecule has 1 N–H and O–H groups in total. The van der Waals surface area contributed by atoms with Gasteiger partial charge in [0.05, 0.1) is 16.5 Å². The number of likely N-dealkylation sites (N-methyl/N-ethyl adjacent to an activating group) is 1. The highest BCUT2D eigenvalue weighted by molar-refractivity contribution is 6.42. The summed E-state index contributed by atoms with van der Waals surface area (Å²) in [7, 11) is 0. The smallest absolute Gasteiger partial charge is 0.242 e. The number of nitrogens with one attached hydrogen (secondary N) is 1. The van der Waals surface area contributed by atoms with Crippen molar-refractivity contribution >= 4 is 46.6 Å². The average Bonchev–Trinajstić information content (AvgIpc) is 2.66. The summed E-state index contributed by atoms with van der Waals surface area (Å²) in [6, 6.07) is 11.7. The van der Waals surface area contributed by atoms with Gasteiger partial charge in [0, 0.05) is 18.1 Å². The lowest BCUT2D eigenvalue weighted by molar-refractivity contribution is -0.140. The minimum Gasteiger partial charge on any atom is -0.355 e. The molecule has 0 aromatic heterocycles. The third kappa shape index (κ3) is 6.13. The van der Waals surface area contributed by atoms with Crippen LogP contribution in [0.4, 0.5) is 0 Å². The van der Waals surface area contributed by atoms with Crippen LogP contribution in [0, 0.1) is 0 Å². The highest BCUT2D eigenvalue weighted by atomic mass is 35.5. The van der Waals surface area contributed by atoms with E-state index in [4.69, 9.17) is 34.8 Å². The van der Waals surface area contributed by atoms with Crippen LogP contribution in [0.5, 0.6) is 0 Å². The summed E-state index contributed by atoms with van der Waals surface area (Å²) < 4.78 is 0. The molecule has 0 radical (unpaired) electrons. The SMILES string of the molecule is CCNC(=O)[C@H](CC)N(Cc1ccc(Cl)c(Cl)c1)C(=O)Cc1ccc(Cl)cc1. The summed E-state index contributed by atoms with van der Waals surface area (Å²) >= 11 is 18.0. The maximum atomic E-state index is 13.1. The van der Waals surface area contributed by atoms with Crippen LogP contribution in [0.15, 0.2) is 42.5 Å². The Balaban J connectivity index is 2.30. The van der Waals surface area contributed by atoms with Crippen LogP contribution in [-0.2, 0) is 22.6 Å². The number of benzene rings is 2. The molecule has 2 amide bonds. The fourth-order valence-corrected chi connectivity index (χ4v) is 3.37. The van der Waals surface area contributed by atoms with Crippen molar-refractivity contribution in [1.82, 2.24) is 10.2 Å². The van der Waals surface area contributed by atoms with Gasteiger partial charge in [0.25, 0.3) is 0 Å². The normalized spacial score (nSPS) is 11.8. The molecule has 0 saturated heterocycles. The van der Waals surface area contributed by atoms with Crippen LogP contribution >= 0.6 is 34.8 Å². The number of hydrogen-bond acceptors (Lipinski definition) is 2. The van der Waals surface area contributed by atoms with Crippen molar-refractivity contribution in [3.05, 3.63) is 68.7 Å². The van der Waals surface area contributed by atoms with Gasteiger partial charge >= 0.3 is 0 Å². The zero-order chi connectivity index (χ0) is 20.7. The van der Waals surface area contributed by atoms with E-state index >= 15 is 0 Å². The molecule has 0 fully saturated rings. The molecule has 150 valence electrons. The Kier molecular flexibility index (Phi) is 8.61. The van der Waals surface area contributed by atoms with Crippen molar-refractivity contribution in [2.45, 2.75) is 39.3 Å². The predicted octanol–water partition coefficient (Wildman–Crippen LogP) is 5.13. The molecule has 2 aromatic carbocycles. The van der Waals surface area contributed by atoms with Gasteiger partial charge in [-0.2, -0.15) is 0 Å². The third-order valence-corrected chi connectivity index (χ3v) is 5.33. The molecule has 0 aliphatic heterocycles. The molecule has 1 atom stereocenters. The number of halogens is 3. The van der Waals surface area contributed by atoms with Crippen LogP contribution < -0.4 is 5.32 Å². The van der Waals surface area contributed by atoms with E-state index in [0.29, 0.717) is 28.0 Å². The molecule has 2 rings (SSSR count). The van der Waals surface area contributed by atoms with E-state index in [2.05, 4.69) is 5.32 Å². The second-order valence-electron chi connectivity index (χ2n) is 6.39. The van der Waals surface area contributed by atoms with Crippen molar-refractivity contribution in [2.24, 2.45) is 0 Å². The van der Waals surface area contributed by atoms with Crippen molar-refractivity contribution in [2.75, 3.05) is 6.54 Å². The lowest BCUT2D eigenvalue weighted by atomic mass is 10.1. The number of carbonyl (C=O) groups is 2. The Morgan fingerprint density at radius 2 is 1.61 bits per heavy atom. The molecule has 0 saturated carbocycles. The Morgan fingerprint density at radius 3 is 2.18 bits per heavy atom. The van der Waals surface area contributed by atoms with E-state index < -0.39 is 6.04 Å². The number of hydrogen-bond donors (Lipinski definition) is 1. The first-order valence-corrected chi connectivity index (χ1v) is 10.2. The molecule has 2 aromatic rings. The van der Waals surface area contributed by atoms with Crippen LogP contribution in [-0.4, -0.2) is 29.3 Å². The predicted molar refractivity (Wildman–Crippen MR) is 115 cm³/mol. The number of carbonyl (C=O) groups excluding carboxylic acids is 2. The van der Waals surface area contributed by atoms with Gasteiger partial charge in [-0.15, -0.1) is 0 Å². The second-order valence-corrected chi connectivity index (χ2v) is 7.64. The van der Waals surface area contributed by atoms with E-state index in [1.807, 2.05) is 26.0 Å². The number of rotatable bonds is 8. The van der Waals surface area contributed by atoms with Gasteiger partial charge in [-0.1, -0.05) is 59.9 Å². The molecule has 0 spiro atoms. The van der Waals surface area contributed by atoms with Gasteiger partial charge in [-0.05, 0) is 48.7 Å². The summed E-state index contributed by atoms with van der Waals surface area (Å²) in [6.07, 6.45) is 0.675. The van der Waals surface area contributed by atoms with Crippen LogP contribution in [0.3, 0.4) is 0 Å². The lowest BCUT2D eigenvalue weighted by Crippen LogP contribution is -2.49. The van der Waals surface area contributed by atoms with Crippen molar-refractivity contribution in [1.29, 1.82) is 0 Å². The summed E-state index contributed by atoms with van der Waals surface area (Å²) in [5, 5.41) is 4.28. The highest BCUT2D eigenvalue weighted by Gasteiger charge is 2.28. The molecule has 0 heterocycles. The van der Waals surface area contributed by atoms with E-state index in [9.17, 15) is 9.59 Å². The molecule has 0 unspecified atom stereocenters. The standard InChI is InChI=1S/C21H23Cl3N2O2/c1-3-19(21(28)25-4-2)26(13-15-7-10-17(23)18(24)11-15)20(27)12-14-5-8-16(22)9-6-14/h5-11,19H,3-4,12-13H2,1-2H3,(H,25,28)/t19-/m0/s1. The molecule has 0 bridgehead atoms. The molecular formula is C21H23Cl3N2O2. The maximum absolute atomic E-state index is 13.1. The molecular weight excluding hydrogens is 419 g/mol. The Bertz CT molecular complexity index is 825. The second kappa shape index (κ2) is 10.7. The zero-order valence-corrected chi connectivity index (χ0v) is 18.1. The van der Waals surface area contributed by atoms with Gasteiger partial charge in [-0.3, -0.25) is 9.59 Å². The fraction of sp³-hybridized carbons (Fsp3) is 0.333. The van der Waals surface area contributed by atoms with Gasteiger partial charge in [-0.25, -0.2) is 0 Å². The van der Waals surface area contributed by atoms with E-state index in [1.165, 1.54) is 0 Å². The van der Waals surface area contributed by atoms with Crippen LogP contribution in [0.25, 0.3) is 0 Å². The van der Waals surface area contributed by atoms with Crippen molar-refractivity contribution in [3.8, 4) is 0 Å². The van der Waals surface area contributed by atoms with Crippen molar-refractivity contribution in [3.63, 3.8) is 0 Å². The zero-order valence-electron chi connectivity index (χ0n) is 15.8. The third-order valence-electron chi connectivity index (χ3n) is 4.34. The molecule has 7 heteroatoms. The van der Waals surface area contributed by atoms with Crippen molar-refractivity contribution < 1.29 is 9.59 Å². The minimum atomic E-state index is -0.575. The molecule has 0 aliphatic rings. The number of amides is 2. The van der Waals surface area contributed by atoms with Crippen LogP contribution in [0.2, 0.25) is 15.1 Å². The van der Waals surface area contributed by atoms with Crippen LogP contribution in [0.1, 0.15) is 31.4 Å². The summed E-state index contributed by atoms with van der Waals surface area (Å²) in [6.45, 7) is 4.50. The Morgan fingerprint density at radius 1 is 0.964 bits per heavy atom. The monoisotopic (exact) mass is 440 g/mol. The first-order valence-electron chi connectivity index (χ1n) is 9.11. The molecule has 4 nitrogen and oxygen atoms in total. The van der Waals surface area contributed by atoms with Gasteiger partial charge in [0.2, 0.25) is 11.8 Å². The van der Waals surface area contributed by atoms with Gasteiger partial charge < -0.3 is 10.2 Å². The summed E-state index contributed by atoms with van der Waals surface area (Å²) in [4.78, 5) is 27.3. The quantitative estimate of drug-likeness (QED) is 0.617.